The standard InChI is InChI=1S/C17H13ClFNO/c1-11-2-7-16-14(8-11)15(10-21)17(18)20(16)9-12-3-5-13(19)6-4-12/h2-8,10H,9H2,1H3. The van der Waals surface area contributed by atoms with Crippen LogP contribution in [0.1, 0.15) is 21.5 Å². The van der Waals surface area contributed by atoms with Crippen molar-refractivity contribution in [1.29, 1.82) is 0 Å². The molecule has 0 fully saturated rings. The average molecular weight is 302 g/mol. The summed E-state index contributed by atoms with van der Waals surface area (Å²) in [6.07, 6.45) is 0.783. The van der Waals surface area contributed by atoms with Crippen LogP contribution in [0.3, 0.4) is 0 Å². The van der Waals surface area contributed by atoms with Gasteiger partial charge in [0.25, 0.3) is 0 Å². The minimum Gasteiger partial charge on any atom is -0.327 e. The number of fused-ring (bicyclic) bond motifs is 1. The van der Waals surface area contributed by atoms with Crippen LogP contribution < -0.4 is 0 Å². The number of rotatable bonds is 3. The van der Waals surface area contributed by atoms with Crippen molar-refractivity contribution in [2.45, 2.75) is 13.5 Å². The van der Waals surface area contributed by atoms with Crippen molar-refractivity contribution in [2.24, 2.45) is 0 Å². The van der Waals surface area contributed by atoms with Crippen LogP contribution in [-0.4, -0.2) is 10.9 Å². The lowest BCUT2D eigenvalue weighted by atomic mass is 10.1. The molecule has 0 saturated carbocycles. The molecule has 0 amide bonds. The van der Waals surface area contributed by atoms with E-state index in [1.165, 1.54) is 12.1 Å². The Bertz CT molecular complexity index is 821. The molecule has 0 aliphatic heterocycles. The highest BCUT2D eigenvalue weighted by atomic mass is 35.5. The number of aromatic nitrogens is 1. The molecule has 0 unspecified atom stereocenters. The van der Waals surface area contributed by atoms with Crippen molar-refractivity contribution in [3.8, 4) is 0 Å². The Morgan fingerprint density at radius 3 is 2.57 bits per heavy atom. The molecular weight excluding hydrogens is 289 g/mol. The van der Waals surface area contributed by atoms with E-state index in [4.69, 9.17) is 11.6 Å². The Hall–Kier alpha value is -2.13. The molecule has 0 aliphatic carbocycles. The number of carbonyl (C=O) groups is 1. The first-order chi connectivity index (χ1) is 10.1. The Kier molecular flexibility index (Phi) is 3.52. The smallest absolute Gasteiger partial charge is 0.153 e. The summed E-state index contributed by atoms with van der Waals surface area (Å²) in [5, 5.41) is 1.26. The molecular formula is C17H13ClFNO. The van der Waals surface area contributed by atoms with E-state index in [-0.39, 0.29) is 5.82 Å². The summed E-state index contributed by atoms with van der Waals surface area (Å²) < 4.78 is 14.9. The van der Waals surface area contributed by atoms with Crippen LogP contribution in [0.2, 0.25) is 5.15 Å². The van der Waals surface area contributed by atoms with Crippen LogP contribution in [0.5, 0.6) is 0 Å². The lowest BCUT2D eigenvalue weighted by molar-refractivity contribution is 0.112. The first-order valence-corrected chi connectivity index (χ1v) is 6.96. The molecule has 1 aromatic heterocycles. The van der Waals surface area contributed by atoms with Gasteiger partial charge in [-0.15, -0.1) is 0 Å². The molecule has 2 nitrogen and oxygen atoms in total. The van der Waals surface area contributed by atoms with E-state index in [1.807, 2.05) is 29.7 Å². The second-order valence-electron chi connectivity index (χ2n) is 5.06. The van der Waals surface area contributed by atoms with Crippen LogP contribution in [0, 0.1) is 12.7 Å². The average Bonchev–Trinajstić information content (AvgIpc) is 2.73. The number of aryl methyl sites for hydroxylation is 1. The molecule has 3 rings (SSSR count). The summed E-state index contributed by atoms with van der Waals surface area (Å²) in [7, 11) is 0. The fourth-order valence-corrected chi connectivity index (χ4v) is 2.80. The van der Waals surface area contributed by atoms with Crippen LogP contribution in [0.25, 0.3) is 10.9 Å². The minimum absolute atomic E-state index is 0.272. The second-order valence-corrected chi connectivity index (χ2v) is 5.41. The maximum Gasteiger partial charge on any atom is 0.153 e. The van der Waals surface area contributed by atoms with E-state index in [0.29, 0.717) is 17.3 Å². The normalized spacial score (nSPS) is 11.0. The van der Waals surface area contributed by atoms with Gasteiger partial charge in [-0.25, -0.2) is 4.39 Å². The van der Waals surface area contributed by atoms with Gasteiger partial charge in [0.2, 0.25) is 0 Å². The molecule has 106 valence electrons. The molecule has 3 aromatic rings. The zero-order valence-corrected chi connectivity index (χ0v) is 12.2. The van der Waals surface area contributed by atoms with E-state index in [9.17, 15) is 9.18 Å². The molecule has 0 spiro atoms. The fourth-order valence-electron chi connectivity index (χ4n) is 2.50. The van der Waals surface area contributed by atoms with E-state index < -0.39 is 0 Å². The van der Waals surface area contributed by atoms with Gasteiger partial charge < -0.3 is 4.57 Å². The SMILES string of the molecule is Cc1ccc2c(c1)c(C=O)c(Cl)n2Cc1ccc(F)cc1. The van der Waals surface area contributed by atoms with Crippen molar-refractivity contribution in [1.82, 2.24) is 4.57 Å². The molecule has 0 radical (unpaired) electrons. The summed E-state index contributed by atoms with van der Waals surface area (Å²) in [5.41, 5.74) is 3.39. The highest BCUT2D eigenvalue weighted by Gasteiger charge is 2.15. The van der Waals surface area contributed by atoms with E-state index >= 15 is 0 Å². The second kappa shape index (κ2) is 5.34. The van der Waals surface area contributed by atoms with Crippen molar-refractivity contribution in [3.63, 3.8) is 0 Å². The van der Waals surface area contributed by atoms with Gasteiger partial charge in [-0.2, -0.15) is 0 Å². The molecule has 21 heavy (non-hydrogen) atoms. The van der Waals surface area contributed by atoms with E-state index in [0.717, 1.165) is 28.3 Å². The summed E-state index contributed by atoms with van der Waals surface area (Å²) in [6.45, 7) is 2.46. The molecule has 1 heterocycles. The summed E-state index contributed by atoms with van der Waals surface area (Å²) in [4.78, 5) is 11.3. The van der Waals surface area contributed by atoms with Gasteiger partial charge in [-0.1, -0.05) is 35.4 Å². The number of nitrogens with zero attached hydrogens (tertiary/aromatic N) is 1. The van der Waals surface area contributed by atoms with Crippen LogP contribution in [0.4, 0.5) is 4.39 Å². The van der Waals surface area contributed by atoms with Crippen molar-refractivity contribution >= 4 is 28.8 Å². The van der Waals surface area contributed by atoms with Gasteiger partial charge in [-0.3, -0.25) is 4.79 Å². The van der Waals surface area contributed by atoms with E-state index in [1.54, 1.807) is 12.1 Å². The highest BCUT2D eigenvalue weighted by molar-refractivity contribution is 6.34. The topological polar surface area (TPSA) is 22.0 Å². The lowest BCUT2D eigenvalue weighted by Crippen LogP contribution is -2.00. The number of hydrogen-bond acceptors (Lipinski definition) is 1. The van der Waals surface area contributed by atoms with Gasteiger partial charge in [-0.05, 0) is 36.8 Å². The fraction of sp³-hybridized carbons (Fsp3) is 0.118. The van der Waals surface area contributed by atoms with Crippen molar-refractivity contribution in [2.75, 3.05) is 0 Å². The molecule has 0 atom stereocenters. The molecule has 0 bridgehead atoms. The van der Waals surface area contributed by atoms with Gasteiger partial charge in [0.1, 0.15) is 11.0 Å². The number of carbonyl (C=O) groups excluding carboxylic acids is 1. The zero-order valence-electron chi connectivity index (χ0n) is 11.4. The first kappa shape index (κ1) is 13.8. The Morgan fingerprint density at radius 2 is 1.90 bits per heavy atom. The number of benzene rings is 2. The van der Waals surface area contributed by atoms with E-state index in [2.05, 4.69) is 0 Å². The minimum atomic E-state index is -0.272. The Balaban J connectivity index is 2.15. The first-order valence-electron chi connectivity index (χ1n) is 6.58. The lowest BCUT2D eigenvalue weighted by Gasteiger charge is -2.07. The molecule has 0 N–H and O–H groups in total. The van der Waals surface area contributed by atoms with Crippen LogP contribution in [-0.2, 0) is 6.54 Å². The zero-order chi connectivity index (χ0) is 15.0. The summed E-state index contributed by atoms with van der Waals surface area (Å²) in [6, 6.07) is 12.1. The largest absolute Gasteiger partial charge is 0.327 e. The predicted octanol–water partition coefficient (Wildman–Crippen LogP) is 4.60. The molecule has 0 saturated heterocycles. The Morgan fingerprint density at radius 1 is 1.19 bits per heavy atom. The van der Waals surface area contributed by atoms with Crippen LogP contribution >= 0.6 is 11.6 Å². The van der Waals surface area contributed by atoms with Gasteiger partial charge in [0.05, 0.1) is 11.1 Å². The summed E-state index contributed by atoms with van der Waals surface area (Å²) in [5.74, 6) is -0.272. The maximum absolute atomic E-state index is 13.0. The monoisotopic (exact) mass is 301 g/mol. The van der Waals surface area contributed by atoms with Crippen molar-refractivity contribution in [3.05, 3.63) is 70.1 Å². The number of hydrogen-bond donors (Lipinski definition) is 0. The molecule has 2 aromatic carbocycles. The predicted molar refractivity (Wildman–Crippen MR) is 82.6 cm³/mol. The third kappa shape index (κ3) is 2.45. The van der Waals surface area contributed by atoms with Gasteiger partial charge in [0, 0.05) is 11.9 Å². The Labute approximate surface area is 126 Å². The molecule has 4 heteroatoms. The number of halogens is 2. The van der Waals surface area contributed by atoms with Gasteiger partial charge in [0.15, 0.2) is 6.29 Å². The quantitative estimate of drug-likeness (QED) is 0.648. The third-order valence-electron chi connectivity index (χ3n) is 3.56. The highest BCUT2D eigenvalue weighted by Crippen LogP contribution is 2.30. The van der Waals surface area contributed by atoms with Gasteiger partial charge >= 0.3 is 0 Å². The molecule has 0 aliphatic rings. The maximum atomic E-state index is 13.0. The third-order valence-corrected chi connectivity index (χ3v) is 3.97. The summed E-state index contributed by atoms with van der Waals surface area (Å²) >= 11 is 6.34. The number of aldehydes is 1. The van der Waals surface area contributed by atoms with Crippen molar-refractivity contribution < 1.29 is 9.18 Å². The van der Waals surface area contributed by atoms with Crippen LogP contribution in [0.15, 0.2) is 42.5 Å².